The van der Waals surface area contributed by atoms with Crippen LogP contribution in [0.2, 0.25) is 0 Å². The van der Waals surface area contributed by atoms with Crippen molar-refractivity contribution in [3.8, 4) is 0 Å². The fraction of sp³-hybridized carbons (Fsp3) is 0.286. The number of nitrogens with zero attached hydrogens (tertiary/aromatic N) is 2. The molecule has 23 heavy (non-hydrogen) atoms. The first kappa shape index (κ1) is 16.3. The molecule has 0 aliphatic heterocycles. The molecule has 0 aliphatic carbocycles. The quantitative estimate of drug-likeness (QED) is 0.652. The standard InChI is InChI=1S/C14H17N5O4/c1-9-6-10(2)19(18-9)8-13(21)17-16-12(20)7-15-14(22)11-4-3-5-23-11/h3-6H,7-8H2,1-2H3,(H,15,22)(H,16,20)(H,17,21). The number of hydrazine groups is 1. The zero-order valence-electron chi connectivity index (χ0n) is 12.8. The minimum atomic E-state index is -0.563. The lowest BCUT2D eigenvalue weighted by atomic mass is 10.4. The van der Waals surface area contributed by atoms with Crippen molar-refractivity contribution < 1.29 is 18.8 Å². The maximum absolute atomic E-state index is 11.7. The van der Waals surface area contributed by atoms with Crippen LogP contribution >= 0.6 is 0 Å². The van der Waals surface area contributed by atoms with Gasteiger partial charge in [-0.3, -0.25) is 29.9 Å². The van der Waals surface area contributed by atoms with Gasteiger partial charge in [-0.2, -0.15) is 5.10 Å². The molecule has 122 valence electrons. The Morgan fingerprint density at radius 3 is 2.57 bits per heavy atom. The molecule has 2 aromatic heterocycles. The Bertz CT molecular complexity index is 705. The van der Waals surface area contributed by atoms with Gasteiger partial charge in [0.15, 0.2) is 5.76 Å². The molecule has 0 saturated carbocycles. The van der Waals surface area contributed by atoms with Gasteiger partial charge in [-0.05, 0) is 32.0 Å². The minimum Gasteiger partial charge on any atom is -0.459 e. The summed E-state index contributed by atoms with van der Waals surface area (Å²) in [6.07, 6.45) is 1.36. The molecule has 3 amide bonds. The van der Waals surface area contributed by atoms with Crippen LogP contribution in [0.15, 0.2) is 28.9 Å². The van der Waals surface area contributed by atoms with E-state index in [2.05, 4.69) is 21.3 Å². The molecule has 0 atom stereocenters. The third-order valence-electron chi connectivity index (χ3n) is 2.89. The van der Waals surface area contributed by atoms with E-state index in [0.717, 1.165) is 11.4 Å². The number of nitrogens with one attached hydrogen (secondary N) is 3. The van der Waals surface area contributed by atoms with Gasteiger partial charge in [0.2, 0.25) is 0 Å². The van der Waals surface area contributed by atoms with Crippen LogP contribution in [0.25, 0.3) is 0 Å². The highest BCUT2D eigenvalue weighted by Crippen LogP contribution is 2.01. The summed E-state index contributed by atoms with van der Waals surface area (Å²) in [6.45, 7) is 3.35. The molecule has 0 spiro atoms. The predicted molar refractivity (Wildman–Crippen MR) is 79.0 cm³/mol. The lowest BCUT2D eigenvalue weighted by molar-refractivity contribution is -0.128. The Hall–Kier alpha value is -3.10. The van der Waals surface area contributed by atoms with Crippen molar-refractivity contribution in [3.63, 3.8) is 0 Å². The molecule has 9 heteroatoms. The van der Waals surface area contributed by atoms with Gasteiger partial charge in [-0.25, -0.2) is 0 Å². The molecular formula is C14H17N5O4. The van der Waals surface area contributed by atoms with Crippen LogP contribution in [0.1, 0.15) is 21.9 Å². The zero-order valence-corrected chi connectivity index (χ0v) is 12.8. The molecule has 0 aliphatic rings. The van der Waals surface area contributed by atoms with E-state index in [1.165, 1.54) is 17.0 Å². The number of rotatable bonds is 5. The van der Waals surface area contributed by atoms with E-state index in [9.17, 15) is 14.4 Å². The topological polar surface area (TPSA) is 118 Å². The van der Waals surface area contributed by atoms with Gasteiger partial charge < -0.3 is 9.73 Å². The first-order valence-electron chi connectivity index (χ1n) is 6.86. The number of aryl methyl sites for hydroxylation is 2. The molecule has 9 nitrogen and oxygen atoms in total. The number of carbonyl (C=O) groups excluding carboxylic acids is 3. The smallest absolute Gasteiger partial charge is 0.287 e. The maximum Gasteiger partial charge on any atom is 0.287 e. The summed E-state index contributed by atoms with van der Waals surface area (Å²) in [5, 5.41) is 6.50. The van der Waals surface area contributed by atoms with E-state index >= 15 is 0 Å². The van der Waals surface area contributed by atoms with Crippen molar-refractivity contribution in [1.82, 2.24) is 25.9 Å². The molecule has 2 rings (SSSR count). The fourth-order valence-corrected chi connectivity index (χ4v) is 1.85. The Morgan fingerprint density at radius 1 is 1.22 bits per heavy atom. The van der Waals surface area contributed by atoms with Gasteiger partial charge >= 0.3 is 0 Å². The number of carbonyl (C=O) groups is 3. The van der Waals surface area contributed by atoms with Gasteiger partial charge in [0, 0.05) is 5.69 Å². The van der Waals surface area contributed by atoms with Crippen LogP contribution in [0.3, 0.4) is 0 Å². The third kappa shape index (κ3) is 4.70. The van der Waals surface area contributed by atoms with E-state index in [0.29, 0.717) is 0 Å². The normalized spacial score (nSPS) is 10.2. The van der Waals surface area contributed by atoms with Gasteiger partial charge in [0.25, 0.3) is 17.7 Å². The Labute approximate surface area is 132 Å². The van der Waals surface area contributed by atoms with Gasteiger partial charge in [-0.1, -0.05) is 0 Å². The van der Waals surface area contributed by atoms with Crippen LogP contribution in [-0.2, 0) is 16.1 Å². The van der Waals surface area contributed by atoms with Crippen LogP contribution in [0.4, 0.5) is 0 Å². The maximum atomic E-state index is 11.7. The van der Waals surface area contributed by atoms with Crippen LogP contribution in [0.5, 0.6) is 0 Å². The van der Waals surface area contributed by atoms with E-state index in [-0.39, 0.29) is 18.8 Å². The van der Waals surface area contributed by atoms with E-state index in [4.69, 9.17) is 4.42 Å². The number of furan rings is 1. The Morgan fingerprint density at radius 2 is 1.96 bits per heavy atom. The minimum absolute atomic E-state index is 0.0152. The molecule has 0 saturated heterocycles. The second-order valence-electron chi connectivity index (χ2n) is 4.84. The summed E-state index contributed by atoms with van der Waals surface area (Å²) in [5.74, 6) is -1.40. The molecule has 0 aromatic carbocycles. The van der Waals surface area contributed by atoms with Crippen molar-refractivity contribution >= 4 is 17.7 Å². The average Bonchev–Trinajstić information content (AvgIpc) is 3.13. The number of amides is 3. The zero-order chi connectivity index (χ0) is 16.8. The van der Waals surface area contributed by atoms with Crippen molar-refractivity contribution in [1.29, 1.82) is 0 Å². The molecule has 0 fully saturated rings. The molecule has 0 radical (unpaired) electrons. The third-order valence-corrected chi connectivity index (χ3v) is 2.89. The first-order valence-corrected chi connectivity index (χ1v) is 6.86. The molecule has 0 bridgehead atoms. The van der Waals surface area contributed by atoms with Crippen LogP contribution in [0, 0.1) is 13.8 Å². The Balaban J connectivity index is 1.70. The number of aromatic nitrogens is 2. The van der Waals surface area contributed by atoms with Gasteiger partial charge in [-0.15, -0.1) is 0 Å². The molecule has 2 heterocycles. The van der Waals surface area contributed by atoms with Gasteiger partial charge in [0.1, 0.15) is 6.54 Å². The first-order chi connectivity index (χ1) is 11.0. The molecule has 2 aromatic rings. The fourth-order valence-electron chi connectivity index (χ4n) is 1.85. The summed E-state index contributed by atoms with van der Waals surface area (Å²) in [4.78, 5) is 34.8. The molecule has 3 N–H and O–H groups in total. The van der Waals surface area contributed by atoms with E-state index in [1.54, 1.807) is 6.07 Å². The lowest BCUT2D eigenvalue weighted by Crippen LogP contribution is -2.47. The van der Waals surface area contributed by atoms with Crippen molar-refractivity contribution in [2.24, 2.45) is 0 Å². The highest BCUT2D eigenvalue weighted by atomic mass is 16.3. The van der Waals surface area contributed by atoms with Gasteiger partial charge in [0.05, 0.1) is 18.5 Å². The SMILES string of the molecule is Cc1cc(C)n(CC(=O)NNC(=O)CNC(=O)c2ccco2)n1. The highest BCUT2D eigenvalue weighted by molar-refractivity contribution is 5.94. The second kappa shape index (κ2) is 7.25. The van der Waals surface area contributed by atoms with Crippen molar-refractivity contribution in [2.75, 3.05) is 6.54 Å². The number of hydrogen-bond acceptors (Lipinski definition) is 5. The highest BCUT2D eigenvalue weighted by Gasteiger charge is 2.11. The number of hydrogen-bond donors (Lipinski definition) is 3. The average molecular weight is 319 g/mol. The summed E-state index contributed by atoms with van der Waals surface area (Å²) >= 11 is 0. The van der Waals surface area contributed by atoms with Crippen LogP contribution < -0.4 is 16.2 Å². The van der Waals surface area contributed by atoms with Crippen molar-refractivity contribution in [2.45, 2.75) is 20.4 Å². The summed E-state index contributed by atoms with van der Waals surface area (Å²) in [5.41, 5.74) is 6.10. The summed E-state index contributed by atoms with van der Waals surface area (Å²) < 4.78 is 6.41. The Kier molecular flexibility index (Phi) is 5.13. The molecular weight excluding hydrogens is 302 g/mol. The van der Waals surface area contributed by atoms with E-state index in [1.807, 2.05) is 19.9 Å². The second-order valence-corrected chi connectivity index (χ2v) is 4.84. The van der Waals surface area contributed by atoms with E-state index < -0.39 is 17.7 Å². The summed E-state index contributed by atoms with van der Waals surface area (Å²) in [6, 6.07) is 4.88. The van der Waals surface area contributed by atoms with Crippen LogP contribution in [-0.4, -0.2) is 34.0 Å². The van der Waals surface area contributed by atoms with Crippen molar-refractivity contribution in [3.05, 3.63) is 41.6 Å². The monoisotopic (exact) mass is 319 g/mol. The lowest BCUT2D eigenvalue weighted by Gasteiger charge is -2.08. The molecule has 0 unspecified atom stereocenters. The summed E-state index contributed by atoms with van der Waals surface area (Å²) in [7, 11) is 0. The largest absolute Gasteiger partial charge is 0.459 e. The predicted octanol–water partition coefficient (Wildman–Crippen LogP) is -0.330.